The van der Waals surface area contributed by atoms with Crippen LogP contribution in [0.5, 0.6) is 0 Å². The second kappa shape index (κ2) is 11.4. The van der Waals surface area contributed by atoms with E-state index < -0.39 is 0 Å². The van der Waals surface area contributed by atoms with Crippen molar-refractivity contribution in [1.29, 1.82) is 0 Å². The van der Waals surface area contributed by atoms with Crippen LogP contribution in [-0.2, 0) is 4.79 Å². The molecule has 1 saturated heterocycles. The summed E-state index contributed by atoms with van der Waals surface area (Å²) in [6, 6.07) is 5.45. The van der Waals surface area contributed by atoms with Crippen LogP contribution in [0.3, 0.4) is 0 Å². The zero-order valence-corrected chi connectivity index (χ0v) is 19.9. The van der Waals surface area contributed by atoms with Gasteiger partial charge in [0.15, 0.2) is 0 Å². The summed E-state index contributed by atoms with van der Waals surface area (Å²) < 4.78 is 2.06. The van der Waals surface area contributed by atoms with Crippen LogP contribution in [0.25, 0.3) is 11.7 Å². The van der Waals surface area contributed by atoms with Gasteiger partial charge in [0.1, 0.15) is 15.8 Å². The summed E-state index contributed by atoms with van der Waals surface area (Å²) in [5.74, 6) is 0.390. The lowest BCUT2D eigenvalue weighted by Gasteiger charge is -2.14. The summed E-state index contributed by atoms with van der Waals surface area (Å²) in [6.07, 6.45) is 10.9. The van der Waals surface area contributed by atoms with Crippen molar-refractivity contribution in [1.82, 2.24) is 14.3 Å². The van der Waals surface area contributed by atoms with Crippen molar-refractivity contribution in [2.45, 2.75) is 58.8 Å². The summed E-state index contributed by atoms with van der Waals surface area (Å²) >= 11 is 6.70. The smallest absolute Gasteiger partial charge is 0.267 e. The van der Waals surface area contributed by atoms with Crippen molar-refractivity contribution in [3.63, 3.8) is 0 Å². The Morgan fingerprint density at radius 3 is 2.65 bits per heavy atom. The molecule has 2 aromatic heterocycles. The van der Waals surface area contributed by atoms with Gasteiger partial charge in [-0.3, -0.25) is 18.9 Å². The maximum Gasteiger partial charge on any atom is 0.267 e. The number of thioether (sulfide) groups is 1. The Bertz CT molecular complexity index is 1030. The summed E-state index contributed by atoms with van der Waals surface area (Å²) in [6.45, 7) is 5.66. The average Bonchev–Trinajstić information content (AvgIpc) is 3.04. The van der Waals surface area contributed by atoms with Crippen LogP contribution in [0.2, 0.25) is 0 Å². The molecule has 3 rings (SSSR count). The van der Waals surface area contributed by atoms with Crippen LogP contribution in [0, 0.1) is 0 Å². The minimum absolute atomic E-state index is 0.124. The highest BCUT2D eigenvalue weighted by molar-refractivity contribution is 8.26. The SMILES string of the molecule is CCCCCCN1C(=O)/C(=C\c2c(NCCCCC)nc3ccccn3c2=O)SC1=S. The molecular weight excluding hydrogens is 428 g/mol. The van der Waals surface area contributed by atoms with Gasteiger partial charge in [-0.15, -0.1) is 0 Å². The maximum atomic E-state index is 13.2. The van der Waals surface area contributed by atoms with E-state index in [2.05, 4.69) is 24.1 Å². The van der Waals surface area contributed by atoms with Crippen LogP contribution < -0.4 is 10.9 Å². The first kappa shape index (κ1) is 23.5. The van der Waals surface area contributed by atoms with Gasteiger partial charge in [-0.2, -0.15) is 0 Å². The zero-order valence-electron chi connectivity index (χ0n) is 18.2. The third-order valence-electron chi connectivity index (χ3n) is 5.23. The van der Waals surface area contributed by atoms with Crippen molar-refractivity contribution in [3.8, 4) is 0 Å². The number of aromatic nitrogens is 2. The van der Waals surface area contributed by atoms with Gasteiger partial charge >= 0.3 is 0 Å². The standard InChI is InChI=1S/C23H30N4O2S2/c1-3-5-7-10-15-27-22(29)18(31-23(27)30)16-17-20(24-13-9-6-4-2)25-19-12-8-11-14-26(19)21(17)28/h8,11-12,14,16,24H,3-7,9-10,13,15H2,1-2H3/b18-16+. The Morgan fingerprint density at radius 2 is 1.87 bits per heavy atom. The Balaban J connectivity index is 1.90. The molecule has 166 valence electrons. The number of thiocarbonyl (C=S) groups is 1. The number of unbranched alkanes of at least 4 members (excludes halogenated alkanes) is 5. The maximum absolute atomic E-state index is 13.2. The van der Waals surface area contributed by atoms with Gasteiger partial charge in [-0.25, -0.2) is 4.98 Å². The van der Waals surface area contributed by atoms with Crippen molar-refractivity contribution in [3.05, 3.63) is 45.2 Å². The van der Waals surface area contributed by atoms with E-state index in [1.54, 1.807) is 29.3 Å². The number of carbonyl (C=O) groups excluding carboxylic acids is 1. The highest BCUT2D eigenvalue weighted by Gasteiger charge is 2.32. The van der Waals surface area contributed by atoms with E-state index in [9.17, 15) is 9.59 Å². The van der Waals surface area contributed by atoms with Crippen molar-refractivity contribution < 1.29 is 4.79 Å². The zero-order chi connectivity index (χ0) is 22.2. The molecule has 1 aliphatic rings. The molecule has 0 spiro atoms. The van der Waals surface area contributed by atoms with Crippen molar-refractivity contribution in [2.24, 2.45) is 0 Å². The largest absolute Gasteiger partial charge is 0.369 e. The molecule has 0 bridgehead atoms. The third kappa shape index (κ3) is 5.74. The molecule has 0 radical (unpaired) electrons. The van der Waals surface area contributed by atoms with E-state index in [-0.39, 0.29) is 11.5 Å². The summed E-state index contributed by atoms with van der Waals surface area (Å²) in [4.78, 5) is 33.0. The molecule has 1 aliphatic heterocycles. The lowest BCUT2D eigenvalue weighted by Crippen LogP contribution is -2.29. The molecule has 0 saturated carbocycles. The first-order valence-electron chi connectivity index (χ1n) is 11.1. The number of pyridine rings is 1. The van der Waals surface area contributed by atoms with Gasteiger partial charge < -0.3 is 5.32 Å². The fourth-order valence-corrected chi connectivity index (χ4v) is 4.76. The number of hydrogen-bond donors (Lipinski definition) is 1. The number of carbonyl (C=O) groups is 1. The fourth-order valence-electron chi connectivity index (χ4n) is 3.47. The second-order valence-electron chi connectivity index (χ2n) is 7.64. The molecule has 1 N–H and O–H groups in total. The normalized spacial score (nSPS) is 15.4. The minimum atomic E-state index is -0.197. The van der Waals surface area contributed by atoms with Gasteiger partial charge in [0.25, 0.3) is 11.5 Å². The van der Waals surface area contributed by atoms with Crippen molar-refractivity contribution >= 4 is 51.7 Å². The molecule has 0 atom stereocenters. The summed E-state index contributed by atoms with van der Waals surface area (Å²) in [5, 5.41) is 3.30. The van der Waals surface area contributed by atoms with Gasteiger partial charge in [0.05, 0.1) is 10.5 Å². The van der Waals surface area contributed by atoms with Gasteiger partial charge in [-0.1, -0.05) is 76.0 Å². The van der Waals surface area contributed by atoms with E-state index in [4.69, 9.17) is 12.2 Å². The predicted molar refractivity (Wildman–Crippen MR) is 133 cm³/mol. The highest BCUT2D eigenvalue weighted by atomic mass is 32.2. The molecule has 0 unspecified atom stereocenters. The van der Waals surface area contributed by atoms with E-state index in [1.807, 2.05) is 6.07 Å². The number of anilines is 1. The van der Waals surface area contributed by atoms with Gasteiger partial charge in [0.2, 0.25) is 0 Å². The van der Waals surface area contributed by atoms with Gasteiger partial charge in [0, 0.05) is 19.3 Å². The minimum Gasteiger partial charge on any atom is -0.369 e. The average molecular weight is 459 g/mol. The molecule has 6 nitrogen and oxygen atoms in total. The number of fused-ring (bicyclic) bond motifs is 1. The summed E-state index contributed by atoms with van der Waals surface area (Å²) in [5.41, 5.74) is 0.773. The van der Waals surface area contributed by atoms with E-state index in [0.717, 1.165) is 51.5 Å². The van der Waals surface area contributed by atoms with Gasteiger partial charge in [-0.05, 0) is 31.1 Å². The van der Waals surface area contributed by atoms with Crippen LogP contribution in [0.1, 0.15) is 64.4 Å². The predicted octanol–water partition coefficient (Wildman–Crippen LogP) is 5.08. The monoisotopic (exact) mass is 458 g/mol. The molecule has 31 heavy (non-hydrogen) atoms. The van der Waals surface area contributed by atoms with Crippen LogP contribution in [0.4, 0.5) is 5.82 Å². The Labute approximate surface area is 193 Å². The van der Waals surface area contributed by atoms with Crippen LogP contribution in [-0.4, -0.2) is 37.6 Å². The van der Waals surface area contributed by atoms with Crippen LogP contribution in [0.15, 0.2) is 34.1 Å². The van der Waals surface area contributed by atoms with Crippen LogP contribution >= 0.6 is 24.0 Å². The number of nitrogens with zero attached hydrogens (tertiary/aromatic N) is 3. The lowest BCUT2D eigenvalue weighted by atomic mass is 10.2. The molecular formula is C23H30N4O2S2. The molecule has 2 aromatic rings. The van der Waals surface area contributed by atoms with E-state index in [1.165, 1.54) is 16.2 Å². The quantitative estimate of drug-likeness (QED) is 0.288. The number of amides is 1. The van der Waals surface area contributed by atoms with E-state index in [0.29, 0.717) is 32.8 Å². The van der Waals surface area contributed by atoms with E-state index >= 15 is 0 Å². The summed E-state index contributed by atoms with van der Waals surface area (Å²) in [7, 11) is 0. The number of rotatable bonds is 11. The Hall–Kier alpha value is -2.19. The molecule has 1 amide bonds. The molecule has 0 aliphatic carbocycles. The highest BCUT2D eigenvalue weighted by Crippen LogP contribution is 2.33. The fraction of sp³-hybridized carbons (Fsp3) is 0.478. The Morgan fingerprint density at radius 1 is 1.10 bits per heavy atom. The molecule has 3 heterocycles. The topological polar surface area (TPSA) is 66.7 Å². The molecule has 1 fully saturated rings. The number of nitrogens with one attached hydrogen (secondary N) is 1. The second-order valence-corrected chi connectivity index (χ2v) is 9.31. The Kier molecular flexibility index (Phi) is 8.66. The first-order chi connectivity index (χ1) is 15.1. The lowest BCUT2D eigenvalue weighted by molar-refractivity contribution is -0.122. The molecule has 0 aromatic carbocycles. The molecule has 8 heteroatoms. The first-order valence-corrected chi connectivity index (χ1v) is 12.3. The number of hydrogen-bond acceptors (Lipinski definition) is 6. The third-order valence-corrected chi connectivity index (χ3v) is 6.60. The van der Waals surface area contributed by atoms with Crippen molar-refractivity contribution in [2.75, 3.05) is 18.4 Å².